The SMILES string of the molecule is COc1ccc(N2CCN(CCCNC(=O)c3cccc(Nc4nc5ccccc5n5nnnc45)c3)CC2)cc1. The molecule has 0 saturated carbocycles. The van der Waals surface area contributed by atoms with Gasteiger partial charge in [0.2, 0.25) is 5.65 Å². The lowest BCUT2D eigenvalue weighted by atomic mass is 10.2. The van der Waals surface area contributed by atoms with E-state index in [9.17, 15) is 4.79 Å². The van der Waals surface area contributed by atoms with Gasteiger partial charge in [0.15, 0.2) is 5.82 Å². The Morgan fingerprint density at radius 3 is 2.62 bits per heavy atom. The predicted molar refractivity (Wildman–Crippen MR) is 154 cm³/mol. The number of nitrogens with zero attached hydrogens (tertiary/aromatic N) is 7. The molecule has 3 heterocycles. The fourth-order valence-corrected chi connectivity index (χ4v) is 4.99. The van der Waals surface area contributed by atoms with Gasteiger partial charge in [0.05, 0.1) is 18.1 Å². The Bertz CT molecular complexity index is 1610. The first-order valence-electron chi connectivity index (χ1n) is 13.4. The number of benzene rings is 3. The van der Waals surface area contributed by atoms with E-state index in [0.717, 1.165) is 61.6 Å². The van der Waals surface area contributed by atoms with Crippen molar-refractivity contribution in [2.45, 2.75) is 6.42 Å². The van der Waals surface area contributed by atoms with Crippen LogP contribution in [0.4, 0.5) is 17.2 Å². The third kappa shape index (κ3) is 5.50. The van der Waals surface area contributed by atoms with E-state index >= 15 is 0 Å². The van der Waals surface area contributed by atoms with Crippen molar-refractivity contribution in [1.82, 2.24) is 35.2 Å². The molecule has 2 aromatic heterocycles. The van der Waals surface area contributed by atoms with E-state index in [2.05, 4.69) is 48.1 Å². The van der Waals surface area contributed by atoms with Crippen molar-refractivity contribution in [3.8, 4) is 5.75 Å². The number of carbonyl (C=O) groups is 1. The normalized spacial score (nSPS) is 14.0. The molecule has 1 amide bonds. The maximum Gasteiger partial charge on any atom is 0.251 e. The molecule has 2 N–H and O–H groups in total. The fraction of sp³-hybridized carbons (Fsp3) is 0.276. The van der Waals surface area contributed by atoms with Crippen molar-refractivity contribution < 1.29 is 9.53 Å². The Balaban J connectivity index is 0.997. The number of aromatic nitrogens is 5. The van der Waals surface area contributed by atoms with Crippen LogP contribution in [0.3, 0.4) is 0 Å². The van der Waals surface area contributed by atoms with Crippen LogP contribution in [0.5, 0.6) is 5.75 Å². The van der Waals surface area contributed by atoms with Gasteiger partial charge in [-0.1, -0.05) is 18.2 Å². The summed E-state index contributed by atoms with van der Waals surface area (Å²) in [5.41, 5.74) is 4.63. The summed E-state index contributed by atoms with van der Waals surface area (Å²) in [4.78, 5) is 22.4. The van der Waals surface area contributed by atoms with Crippen molar-refractivity contribution in [2.24, 2.45) is 0 Å². The van der Waals surface area contributed by atoms with E-state index in [1.165, 1.54) is 5.69 Å². The van der Waals surface area contributed by atoms with Crippen LogP contribution < -0.4 is 20.3 Å². The Labute approximate surface area is 231 Å². The lowest BCUT2D eigenvalue weighted by Gasteiger charge is -2.36. The number of amides is 1. The first kappa shape index (κ1) is 25.5. The van der Waals surface area contributed by atoms with E-state index in [4.69, 9.17) is 9.72 Å². The monoisotopic (exact) mass is 537 g/mol. The lowest BCUT2D eigenvalue weighted by molar-refractivity contribution is 0.0951. The average molecular weight is 538 g/mol. The van der Waals surface area contributed by atoms with Gasteiger partial charge in [0, 0.05) is 49.7 Å². The number of para-hydroxylation sites is 2. The van der Waals surface area contributed by atoms with Gasteiger partial charge in [0.1, 0.15) is 5.75 Å². The summed E-state index contributed by atoms with van der Waals surface area (Å²) in [7, 11) is 1.68. The highest BCUT2D eigenvalue weighted by Gasteiger charge is 2.17. The molecule has 40 heavy (non-hydrogen) atoms. The molecule has 1 aliphatic rings. The Hall–Kier alpha value is -4.77. The molecule has 6 rings (SSSR count). The van der Waals surface area contributed by atoms with Crippen molar-refractivity contribution >= 4 is 39.8 Å². The standard InChI is InChI=1S/C29H31N9O2/c1-40-24-12-10-23(11-13-24)37-18-16-36(17-19-37)15-5-14-30-29(39)21-6-4-7-22(20-21)31-27-28-33-34-35-38(28)26-9-3-2-8-25(26)32-27/h2-4,6-13,20H,5,14-19H2,1H3,(H,30,39)(H,31,32). The van der Waals surface area contributed by atoms with Crippen molar-refractivity contribution in [3.05, 3.63) is 78.4 Å². The summed E-state index contributed by atoms with van der Waals surface area (Å²) < 4.78 is 6.91. The van der Waals surface area contributed by atoms with Crippen LogP contribution in [0.15, 0.2) is 72.8 Å². The molecule has 0 atom stereocenters. The highest BCUT2D eigenvalue weighted by atomic mass is 16.5. The maximum absolute atomic E-state index is 12.9. The summed E-state index contributed by atoms with van der Waals surface area (Å²) in [5.74, 6) is 1.29. The number of methoxy groups -OCH3 is 1. The minimum absolute atomic E-state index is 0.103. The molecule has 1 saturated heterocycles. The Kier molecular flexibility index (Phi) is 7.36. The minimum atomic E-state index is -0.103. The van der Waals surface area contributed by atoms with Crippen molar-refractivity contribution in [2.75, 3.05) is 56.6 Å². The topological polar surface area (TPSA) is 113 Å². The van der Waals surface area contributed by atoms with E-state index in [1.807, 2.05) is 54.6 Å². The summed E-state index contributed by atoms with van der Waals surface area (Å²) in [6.07, 6.45) is 0.894. The molecule has 0 radical (unpaired) electrons. The number of ether oxygens (including phenoxy) is 1. The summed E-state index contributed by atoms with van der Waals surface area (Å²) in [6, 6.07) is 23.2. The number of anilines is 3. The van der Waals surface area contributed by atoms with Crippen LogP contribution in [-0.4, -0.2) is 82.2 Å². The largest absolute Gasteiger partial charge is 0.497 e. The molecule has 11 nitrogen and oxygen atoms in total. The van der Waals surface area contributed by atoms with Crippen molar-refractivity contribution in [3.63, 3.8) is 0 Å². The zero-order valence-electron chi connectivity index (χ0n) is 22.3. The molecule has 0 unspecified atom stereocenters. The number of piperazine rings is 1. The third-order valence-corrected chi connectivity index (χ3v) is 7.16. The van der Waals surface area contributed by atoms with E-state index in [1.54, 1.807) is 17.7 Å². The van der Waals surface area contributed by atoms with Gasteiger partial charge in [-0.25, -0.2) is 4.98 Å². The summed E-state index contributed by atoms with van der Waals surface area (Å²) >= 11 is 0. The number of hydrogen-bond acceptors (Lipinski definition) is 9. The van der Waals surface area contributed by atoms with Crippen LogP contribution >= 0.6 is 0 Å². The zero-order valence-corrected chi connectivity index (χ0v) is 22.3. The molecular weight excluding hydrogens is 506 g/mol. The summed E-state index contributed by atoms with van der Waals surface area (Å²) in [6.45, 7) is 5.56. The smallest absolute Gasteiger partial charge is 0.251 e. The number of nitrogens with one attached hydrogen (secondary N) is 2. The predicted octanol–water partition coefficient (Wildman–Crippen LogP) is 3.37. The van der Waals surface area contributed by atoms with Crippen LogP contribution in [0.1, 0.15) is 16.8 Å². The summed E-state index contributed by atoms with van der Waals surface area (Å²) in [5, 5.41) is 18.4. The van der Waals surface area contributed by atoms with E-state index in [0.29, 0.717) is 23.6 Å². The van der Waals surface area contributed by atoms with Gasteiger partial charge in [-0.15, -0.1) is 5.10 Å². The molecule has 0 aliphatic carbocycles. The molecule has 204 valence electrons. The molecule has 5 aromatic rings. The van der Waals surface area contributed by atoms with Crippen molar-refractivity contribution in [1.29, 1.82) is 0 Å². The molecular formula is C29H31N9O2. The van der Waals surface area contributed by atoms with Gasteiger partial charge in [-0.3, -0.25) is 9.69 Å². The number of rotatable bonds is 9. The van der Waals surface area contributed by atoms with Crippen LogP contribution in [-0.2, 0) is 0 Å². The second kappa shape index (κ2) is 11.5. The second-order valence-corrected chi connectivity index (χ2v) is 9.71. The number of fused-ring (bicyclic) bond motifs is 3. The highest BCUT2D eigenvalue weighted by Crippen LogP contribution is 2.23. The van der Waals surface area contributed by atoms with Crippen LogP contribution in [0.2, 0.25) is 0 Å². The molecule has 11 heteroatoms. The van der Waals surface area contributed by atoms with Gasteiger partial charge >= 0.3 is 0 Å². The Morgan fingerprint density at radius 2 is 1.80 bits per heavy atom. The first-order valence-corrected chi connectivity index (χ1v) is 13.4. The van der Waals surface area contributed by atoms with Gasteiger partial charge in [-0.2, -0.15) is 4.52 Å². The van der Waals surface area contributed by atoms with Crippen LogP contribution in [0.25, 0.3) is 16.7 Å². The van der Waals surface area contributed by atoms with Crippen LogP contribution in [0, 0.1) is 0 Å². The highest BCUT2D eigenvalue weighted by molar-refractivity contribution is 5.95. The second-order valence-electron chi connectivity index (χ2n) is 9.71. The number of carbonyl (C=O) groups excluding carboxylic acids is 1. The molecule has 0 spiro atoms. The molecule has 0 bridgehead atoms. The quantitative estimate of drug-likeness (QED) is 0.273. The fourth-order valence-electron chi connectivity index (χ4n) is 4.99. The van der Waals surface area contributed by atoms with Gasteiger partial charge < -0.3 is 20.3 Å². The van der Waals surface area contributed by atoms with E-state index < -0.39 is 0 Å². The Morgan fingerprint density at radius 1 is 0.975 bits per heavy atom. The number of hydrogen-bond donors (Lipinski definition) is 2. The maximum atomic E-state index is 12.9. The first-order chi connectivity index (χ1) is 19.7. The zero-order chi connectivity index (χ0) is 27.3. The lowest BCUT2D eigenvalue weighted by Crippen LogP contribution is -2.47. The average Bonchev–Trinajstić information content (AvgIpc) is 3.51. The minimum Gasteiger partial charge on any atom is -0.497 e. The third-order valence-electron chi connectivity index (χ3n) is 7.16. The van der Waals surface area contributed by atoms with E-state index in [-0.39, 0.29) is 5.91 Å². The van der Waals surface area contributed by atoms with Gasteiger partial charge in [-0.05, 0) is 78.0 Å². The van der Waals surface area contributed by atoms with Gasteiger partial charge in [0.25, 0.3) is 5.91 Å². The molecule has 1 fully saturated rings. The number of tetrazole rings is 1. The molecule has 3 aromatic carbocycles. The molecule has 1 aliphatic heterocycles.